The van der Waals surface area contributed by atoms with Gasteiger partial charge in [0, 0.05) is 11.2 Å². The second kappa shape index (κ2) is 5.38. The monoisotopic (exact) mass is 280 g/mol. The Bertz CT molecular complexity index is 599. The van der Waals surface area contributed by atoms with Crippen LogP contribution in [-0.4, -0.2) is 10.9 Å². The molecule has 1 N–H and O–H groups in total. The summed E-state index contributed by atoms with van der Waals surface area (Å²) in [5.74, 6) is -0.307. The lowest BCUT2D eigenvalue weighted by molar-refractivity contribution is 0.102. The van der Waals surface area contributed by atoms with Crippen LogP contribution < -0.4 is 5.32 Å². The van der Waals surface area contributed by atoms with Gasteiger partial charge in [-0.15, -0.1) is 0 Å². The van der Waals surface area contributed by atoms with E-state index in [1.54, 1.807) is 30.5 Å². The Labute approximate surface area is 115 Å². The fourth-order valence-corrected chi connectivity index (χ4v) is 1.85. The maximum atomic E-state index is 12.1. The van der Waals surface area contributed by atoms with Crippen LogP contribution in [-0.2, 0) is 0 Å². The SMILES string of the molecule is Cc1ncccc1NC(=O)c1cc(Cl)ccc1Cl. The van der Waals surface area contributed by atoms with Crippen LogP contribution in [0, 0.1) is 6.92 Å². The minimum Gasteiger partial charge on any atom is -0.320 e. The van der Waals surface area contributed by atoms with Crippen LogP contribution in [0.1, 0.15) is 16.1 Å². The number of nitrogens with one attached hydrogen (secondary N) is 1. The van der Waals surface area contributed by atoms with Crippen molar-refractivity contribution in [2.75, 3.05) is 5.32 Å². The summed E-state index contributed by atoms with van der Waals surface area (Å²) in [5.41, 5.74) is 1.73. The lowest BCUT2D eigenvalue weighted by Gasteiger charge is -2.08. The van der Waals surface area contributed by atoms with E-state index in [2.05, 4.69) is 10.3 Å². The first kappa shape index (κ1) is 12.9. The van der Waals surface area contributed by atoms with Crippen molar-refractivity contribution in [3.8, 4) is 0 Å². The largest absolute Gasteiger partial charge is 0.320 e. The Balaban J connectivity index is 2.28. The zero-order chi connectivity index (χ0) is 13.1. The topological polar surface area (TPSA) is 42.0 Å². The second-order valence-electron chi connectivity index (χ2n) is 3.71. The van der Waals surface area contributed by atoms with Gasteiger partial charge in [0.1, 0.15) is 0 Å². The van der Waals surface area contributed by atoms with E-state index < -0.39 is 0 Å². The Morgan fingerprint density at radius 1 is 1.28 bits per heavy atom. The number of benzene rings is 1. The number of rotatable bonds is 2. The van der Waals surface area contributed by atoms with Gasteiger partial charge in [0.25, 0.3) is 5.91 Å². The van der Waals surface area contributed by atoms with Gasteiger partial charge >= 0.3 is 0 Å². The average molecular weight is 281 g/mol. The number of halogens is 2. The predicted octanol–water partition coefficient (Wildman–Crippen LogP) is 3.95. The van der Waals surface area contributed by atoms with Crippen molar-refractivity contribution in [3.63, 3.8) is 0 Å². The zero-order valence-corrected chi connectivity index (χ0v) is 11.1. The maximum Gasteiger partial charge on any atom is 0.257 e. The van der Waals surface area contributed by atoms with Crippen LogP contribution >= 0.6 is 23.2 Å². The van der Waals surface area contributed by atoms with E-state index in [0.29, 0.717) is 21.3 Å². The minimum atomic E-state index is -0.307. The smallest absolute Gasteiger partial charge is 0.257 e. The standard InChI is InChI=1S/C13H10Cl2N2O/c1-8-12(3-2-6-16-8)17-13(18)10-7-9(14)4-5-11(10)15/h2-7H,1H3,(H,17,18). The first-order valence-corrected chi connectivity index (χ1v) is 6.01. The van der Waals surface area contributed by atoms with E-state index in [1.165, 1.54) is 6.07 Å². The summed E-state index contributed by atoms with van der Waals surface area (Å²) >= 11 is 11.8. The van der Waals surface area contributed by atoms with E-state index in [4.69, 9.17) is 23.2 Å². The highest BCUT2D eigenvalue weighted by atomic mass is 35.5. The van der Waals surface area contributed by atoms with Crippen LogP contribution in [0.25, 0.3) is 0 Å². The summed E-state index contributed by atoms with van der Waals surface area (Å²) in [6.07, 6.45) is 1.66. The molecule has 0 aliphatic carbocycles. The molecule has 5 heteroatoms. The summed E-state index contributed by atoms with van der Waals surface area (Å²) in [4.78, 5) is 16.1. The van der Waals surface area contributed by atoms with Gasteiger partial charge < -0.3 is 5.32 Å². The van der Waals surface area contributed by atoms with Crippen molar-refractivity contribution in [3.05, 3.63) is 57.8 Å². The Morgan fingerprint density at radius 2 is 2.06 bits per heavy atom. The predicted molar refractivity (Wildman–Crippen MR) is 73.4 cm³/mol. The van der Waals surface area contributed by atoms with E-state index >= 15 is 0 Å². The molecule has 1 heterocycles. The van der Waals surface area contributed by atoms with Gasteiger partial charge in [-0.1, -0.05) is 23.2 Å². The molecule has 0 saturated heterocycles. The maximum absolute atomic E-state index is 12.1. The van der Waals surface area contributed by atoms with Crippen molar-refractivity contribution in [1.82, 2.24) is 4.98 Å². The number of amides is 1. The molecule has 0 bridgehead atoms. The number of pyridine rings is 1. The normalized spacial score (nSPS) is 10.2. The van der Waals surface area contributed by atoms with E-state index in [0.717, 1.165) is 5.69 Å². The summed E-state index contributed by atoms with van der Waals surface area (Å²) < 4.78 is 0. The molecule has 0 spiro atoms. The number of hydrogen-bond donors (Lipinski definition) is 1. The second-order valence-corrected chi connectivity index (χ2v) is 4.56. The van der Waals surface area contributed by atoms with Crippen molar-refractivity contribution in [2.45, 2.75) is 6.92 Å². The number of aromatic nitrogens is 1. The summed E-state index contributed by atoms with van der Waals surface area (Å²) in [5, 5.41) is 3.57. The van der Waals surface area contributed by atoms with Gasteiger partial charge in [-0.3, -0.25) is 9.78 Å². The molecule has 0 aliphatic heterocycles. The van der Waals surface area contributed by atoms with Crippen LogP contribution in [0.5, 0.6) is 0 Å². The van der Waals surface area contributed by atoms with Crippen LogP contribution in [0.3, 0.4) is 0 Å². The Morgan fingerprint density at radius 3 is 2.78 bits per heavy atom. The molecule has 0 fully saturated rings. The van der Waals surface area contributed by atoms with E-state index in [-0.39, 0.29) is 5.91 Å². The molecular weight excluding hydrogens is 271 g/mol. The molecule has 0 radical (unpaired) electrons. The fourth-order valence-electron chi connectivity index (χ4n) is 1.48. The first-order chi connectivity index (χ1) is 8.58. The molecule has 0 saturated carbocycles. The van der Waals surface area contributed by atoms with Crippen LogP contribution in [0.4, 0.5) is 5.69 Å². The fraction of sp³-hybridized carbons (Fsp3) is 0.0769. The number of nitrogens with zero attached hydrogens (tertiary/aromatic N) is 1. The number of carbonyl (C=O) groups excluding carboxylic acids is 1. The number of aryl methyl sites for hydroxylation is 1. The van der Waals surface area contributed by atoms with Gasteiger partial charge in [-0.25, -0.2) is 0 Å². The lowest BCUT2D eigenvalue weighted by Crippen LogP contribution is -2.13. The van der Waals surface area contributed by atoms with Crippen molar-refractivity contribution in [2.24, 2.45) is 0 Å². The minimum absolute atomic E-state index is 0.307. The third-order valence-corrected chi connectivity index (χ3v) is 2.99. The van der Waals surface area contributed by atoms with Gasteiger partial charge in [-0.05, 0) is 37.3 Å². The highest BCUT2D eigenvalue weighted by Gasteiger charge is 2.12. The van der Waals surface area contributed by atoms with Gasteiger partial charge in [0.05, 0.1) is 22.0 Å². The molecule has 0 aliphatic rings. The molecule has 1 amide bonds. The molecule has 0 unspecified atom stereocenters. The number of hydrogen-bond acceptors (Lipinski definition) is 2. The molecule has 2 rings (SSSR count). The van der Waals surface area contributed by atoms with Crippen LogP contribution in [0.15, 0.2) is 36.5 Å². The summed E-state index contributed by atoms with van der Waals surface area (Å²) in [7, 11) is 0. The van der Waals surface area contributed by atoms with E-state index in [1.807, 2.05) is 6.92 Å². The number of carbonyl (C=O) groups is 1. The highest BCUT2D eigenvalue weighted by molar-refractivity contribution is 6.36. The van der Waals surface area contributed by atoms with Crippen molar-refractivity contribution in [1.29, 1.82) is 0 Å². The quantitative estimate of drug-likeness (QED) is 0.905. The third kappa shape index (κ3) is 2.81. The summed E-state index contributed by atoms with van der Waals surface area (Å²) in [6, 6.07) is 8.29. The lowest BCUT2D eigenvalue weighted by atomic mass is 10.2. The number of anilines is 1. The van der Waals surface area contributed by atoms with Gasteiger partial charge in [0.15, 0.2) is 0 Å². The van der Waals surface area contributed by atoms with Gasteiger partial charge in [0.2, 0.25) is 0 Å². The average Bonchev–Trinajstić information content (AvgIpc) is 2.35. The molecule has 92 valence electrons. The zero-order valence-electron chi connectivity index (χ0n) is 9.58. The summed E-state index contributed by atoms with van der Waals surface area (Å²) in [6.45, 7) is 1.81. The molecule has 18 heavy (non-hydrogen) atoms. The third-order valence-electron chi connectivity index (χ3n) is 2.43. The highest BCUT2D eigenvalue weighted by Crippen LogP contribution is 2.22. The van der Waals surface area contributed by atoms with Crippen LogP contribution in [0.2, 0.25) is 10.0 Å². The molecule has 1 aromatic carbocycles. The van der Waals surface area contributed by atoms with Gasteiger partial charge in [-0.2, -0.15) is 0 Å². The molecule has 1 aromatic heterocycles. The first-order valence-electron chi connectivity index (χ1n) is 5.26. The van der Waals surface area contributed by atoms with Crippen molar-refractivity contribution < 1.29 is 4.79 Å². The molecular formula is C13H10Cl2N2O. The molecule has 3 nitrogen and oxygen atoms in total. The molecule has 0 atom stereocenters. The molecule has 2 aromatic rings. The van der Waals surface area contributed by atoms with E-state index in [9.17, 15) is 4.79 Å². The Hall–Kier alpha value is -1.58. The van der Waals surface area contributed by atoms with Crippen molar-refractivity contribution >= 4 is 34.8 Å². The Kier molecular flexibility index (Phi) is 3.84.